The van der Waals surface area contributed by atoms with Gasteiger partial charge in [-0.05, 0) is 68.7 Å². The number of benzene rings is 1. The van der Waals surface area contributed by atoms with Crippen molar-refractivity contribution < 1.29 is 23.1 Å². The summed E-state index contributed by atoms with van der Waals surface area (Å²) in [6.45, 7) is 3.22. The second-order valence-electron chi connectivity index (χ2n) is 9.01. The van der Waals surface area contributed by atoms with Crippen molar-refractivity contribution >= 4 is 11.9 Å². The van der Waals surface area contributed by atoms with E-state index in [0.717, 1.165) is 56.7 Å². The topological polar surface area (TPSA) is 95.6 Å². The quantitative estimate of drug-likeness (QED) is 0.461. The first-order chi connectivity index (χ1) is 17.5. The molecule has 1 atom stereocenters. The van der Waals surface area contributed by atoms with Crippen molar-refractivity contribution in [3.63, 3.8) is 0 Å². The molecule has 2 aliphatic rings. The molecular weight excluding hydrogens is 468 g/mol. The van der Waals surface area contributed by atoms with E-state index < -0.39 is 29.6 Å². The second-order valence-corrected chi connectivity index (χ2v) is 9.01. The summed E-state index contributed by atoms with van der Waals surface area (Å²) in [6, 6.07) is 7.85. The molecule has 0 spiro atoms. The van der Waals surface area contributed by atoms with E-state index in [0.29, 0.717) is 12.5 Å². The van der Waals surface area contributed by atoms with E-state index in [1.807, 2.05) is 18.3 Å². The first-order valence-electron chi connectivity index (χ1n) is 12.1. The van der Waals surface area contributed by atoms with Crippen LogP contribution in [-0.4, -0.2) is 61.7 Å². The monoisotopic (exact) mass is 499 g/mol. The number of amides is 3. The number of nitrogens with zero attached hydrogens (tertiary/aromatic N) is 2. The molecule has 0 bridgehead atoms. The lowest BCUT2D eigenvalue weighted by atomic mass is 9.93. The molecule has 3 amide bonds. The predicted molar refractivity (Wildman–Crippen MR) is 130 cm³/mol. The molecule has 0 saturated carbocycles. The van der Waals surface area contributed by atoms with E-state index in [4.69, 9.17) is 4.74 Å². The molecule has 2 aromatic rings. The number of carbonyl (C=O) groups excluding carboxylic acids is 2. The van der Waals surface area contributed by atoms with E-state index in [-0.39, 0.29) is 23.4 Å². The summed E-state index contributed by atoms with van der Waals surface area (Å²) in [6.07, 6.45) is 4.70. The second kappa shape index (κ2) is 12.0. The van der Waals surface area contributed by atoms with Crippen molar-refractivity contribution in [3.05, 3.63) is 76.8 Å². The molecule has 1 fully saturated rings. The number of carbonyl (C=O) groups is 2. The highest BCUT2D eigenvalue weighted by Gasteiger charge is 2.33. The number of hydrogen-bond donors (Lipinski definition) is 3. The highest BCUT2D eigenvalue weighted by Crippen LogP contribution is 2.28. The van der Waals surface area contributed by atoms with Gasteiger partial charge in [0.25, 0.3) is 5.91 Å². The average Bonchev–Trinajstić information content (AvgIpc) is 2.89. The lowest BCUT2D eigenvalue weighted by molar-refractivity contribution is -0.118. The Morgan fingerprint density at radius 1 is 1.19 bits per heavy atom. The normalized spacial score (nSPS) is 19.1. The van der Waals surface area contributed by atoms with Gasteiger partial charge in [0.2, 0.25) is 0 Å². The SMILES string of the molecule is COCC1=C(C(=O)NCCCN2CCC(c3ccccn3)CC2)[C@@H](c2ccc(F)c(F)c2)NC(=O)N1. The van der Waals surface area contributed by atoms with Crippen LogP contribution in [0.3, 0.4) is 0 Å². The number of likely N-dealkylation sites (tertiary alicyclic amines) is 1. The fourth-order valence-corrected chi connectivity index (χ4v) is 4.76. The number of piperidine rings is 1. The van der Waals surface area contributed by atoms with Crippen LogP contribution in [0.5, 0.6) is 0 Å². The number of aromatic nitrogens is 1. The Hall–Kier alpha value is -3.37. The predicted octanol–water partition coefficient (Wildman–Crippen LogP) is 3.00. The Balaban J connectivity index is 1.34. The van der Waals surface area contributed by atoms with Crippen LogP contribution in [0.1, 0.15) is 42.5 Å². The third-order valence-electron chi connectivity index (χ3n) is 6.59. The highest BCUT2D eigenvalue weighted by molar-refractivity contribution is 5.98. The van der Waals surface area contributed by atoms with Gasteiger partial charge >= 0.3 is 6.03 Å². The molecule has 1 aromatic carbocycles. The summed E-state index contributed by atoms with van der Waals surface area (Å²) in [5.41, 5.74) is 1.90. The molecule has 192 valence electrons. The van der Waals surface area contributed by atoms with Crippen LogP contribution in [-0.2, 0) is 9.53 Å². The molecule has 2 aliphatic heterocycles. The first-order valence-corrected chi connectivity index (χ1v) is 12.1. The molecule has 3 N–H and O–H groups in total. The Morgan fingerprint density at radius 2 is 2.00 bits per heavy atom. The minimum atomic E-state index is -1.06. The van der Waals surface area contributed by atoms with Gasteiger partial charge in [0, 0.05) is 31.5 Å². The van der Waals surface area contributed by atoms with Crippen LogP contribution in [0.2, 0.25) is 0 Å². The van der Waals surface area contributed by atoms with Gasteiger partial charge in [-0.15, -0.1) is 0 Å². The number of rotatable bonds is 9. The van der Waals surface area contributed by atoms with Crippen LogP contribution < -0.4 is 16.0 Å². The van der Waals surface area contributed by atoms with E-state index >= 15 is 0 Å². The fraction of sp³-hybridized carbons (Fsp3) is 0.423. The maximum absolute atomic E-state index is 13.9. The number of urea groups is 1. The molecule has 1 aromatic heterocycles. The molecule has 3 heterocycles. The van der Waals surface area contributed by atoms with E-state index in [9.17, 15) is 18.4 Å². The Labute approximate surface area is 209 Å². The van der Waals surface area contributed by atoms with Gasteiger partial charge < -0.3 is 25.6 Å². The third kappa shape index (κ3) is 6.24. The minimum Gasteiger partial charge on any atom is -0.378 e. The molecule has 0 aliphatic carbocycles. The average molecular weight is 500 g/mol. The smallest absolute Gasteiger partial charge is 0.319 e. The van der Waals surface area contributed by atoms with Gasteiger partial charge in [0.15, 0.2) is 11.6 Å². The maximum Gasteiger partial charge on any atom is 0.319 e. The molecule has 8 nitrogen and oxygen atoms in total. The van der Waals surface area contributed by atoms with Crippen molar-refractivity contribution in [2.45, 2.75) is 31.2 Å². The standard InChI is InChI=1S/C26H31F2N5O3/c1-36-16-22-23(24(32-26(35)31-22)18-6-7-19(27)20(28)15-18)25(34)30-11-4-12-33-13-8-17(9-14-33)21-5-2-3-10-29-21/h2-3,5-7,10,15,17,24H,4,8-9,11-14,16H2,1H3,(H,30,34)(H2,31,32,35)/t24-/m1/s1. The van der Waals surface area contributed by atoms with Crippen LogP contribution in [0, 0.1) is 11.6 Å². The molecule has 36 heavy (non-hydrogen) atoms. The van der Waals surface area contributed by atoms with Crippen LogP contribution in [0.25, 0.3) is 0 Å². The number of halogens is 2. The molecule has 0 unspecified atom stereocenters. The van der Waals surface area contributed by atoms with E-state index in [2.05, 4.69) is 31.9 Å². The van der Waals surface area contributed by atoms with Crippen molar-refractivity contribution in [2.75, 3.05) is 39.9 Å². The van der Waals surface area contributed by atoms with E-state index in [1.165, 1.54) is 13.2 Å². The summed E-state index contributed by atoms with van der Waals surface area (Å²) >= 11 is 0. The lowest BCUT2D eigenvalue weighted by Gasteiger charge is -2.32. The Bertz CT molecular complexity index is 1100. The van der Waals surface area contributed by atoms with Crippen molar-refractivity contribution in [2.24, 2.45) is 0 Å². The zero-order valence-electron chi connectivity index (χ0n) is 20.2. The summed E-state index contributed by atoms with van der Waals surface area (Å²) in [5.74, 6) is -1.98. The number of nitrogens with one attached hydrogen (secondary N) is 3. The zero-order chi connectivity index (χ0) is 25.5. The fourth-order valence-electron chi connectivity index (χ4n) is 4.76. The molecule has 10 heteroatoms. The Kier molecular flexibility index (Phi) is 8.61. The van der Waals surface area contributed by atoms with Crippen molar-refractivity contribution in [1.82, 2.24) is 25.8 Å². The van der Waals surface area contributed by atoms with Gasteiger partial charge in [-0.3, -0.25) is 9.78 Å². The summed E-state index contributed by atoms with van der Waals surface area (Å²) in [5, 5.41) is 8.14. The van der Waals surface area contributed by atoms with E-state index in [1.54, 1.807) is 0 Å². The number of ether oxygens (including phenoxy) is 1. The lowest BCUT2D eigenvalue weighted by Crippen LogP contribution is -2.48. The van der Waals surface area contributed by atoms with Gasteiger partial charge in [-0.1, -0.05) is 12.1 Å². The number of hydrogen-bond acceptors (Lipinski definition) is 5. The van der Waals surface area contributed by atoms with Crippen LogP contribution >= 0.6 is 0 Å². The summed E-state index contributed by atoms with van der Waals surface area (Å²) in [4.78, 5) is 32.2. The molecule has 0 radical (unpaired) electrons. The summed E-state index contributed by atoms with van der Waals surface area (Å²) < 4.78 is 32.5. The summed E-state index contributed by atoms with van der Waals surface area (Å²) in [7, 11) is 1.44. The molecule has 1 saturated heterocycles. The van der Waals surface area contributed by atoms with Crippen molar-refractivity contribution in [3.8, 4) is 0 Å². The number of methoxy groups -OCH3 is 1. The highest BCUT2D eigenvalue weighted by atomic mass is 19.2. The van der Waals surface area contributed by atoms with Crippen molar-refractivity contribution in [1.29, 1.82) is 0 Å². The van der Waals surface area contributed by atoms with Gasteiger partial charge in [-0.2, -0.15) is 0 Å². The minimum absolute atomic E-state index is 0.0123. The van der Waals surface area contributed by atoms with Gasteiger partial charge in [0.05, 0.1) is 23.9 Å². The Morgan fingerprint density at radius 3 is 2.69 bits per heavy atom. The van der Waals surface area contributed by atoms with Crippen LogP contribution in [0.15, 0.2) is 53.9 Å². The number of pyridine rings is 1. The van der Waals surface area contributed by atoms with Gasteiger partial charge in [0.1, 0.15) is 0 Å². The van der Waals surface area contributed by atoms with Crippen LogP contribution in [0.4, 0.5) is 13.6 Å². The molecular formula is C26H31F2N5O3. The first kappa shape index (κ1) is 25.7. The molecule has 4 rings (SSSR count). The maximum atomic E-state index is 13.9. The largest absolute Gasteiger partial charge is 0.378 e. The third-order valence-corrected chi connectivity index (χ3v) is 6.59. The van der Waals surface area contributed by atoms with Gasteiger partial charge in [-0.25, -0.2) is 13.6 Å². The zero-order valence-corrected chi connectivity index (χ0v) is 20.2.